The lowest BCUT2D eigenvalue weighted by molar-refractivity contribution is 0.00531. The minimum Gasteiger partial charge on any atom is -0.497 e. The lowest BCUT2D eigenvalue weighted by Crippen LogP contribution is -2.42. The van der Waals surface area contributed by atoms with Gasteiger partial charge in [0.1, 0.15) is 11.5 Å². The van der Waals surface area contributed by atoms with Gasteiger partial charge in [0.2, 0.25) is 0 Å². The molecule has 114 valence electrons. The Balaban J connectivity index is 2.62. The molecule has 0 fully saturated rings. The summed E-state index contributed by atoms with van der Waals surface area (Å²) in [6.07, 6.45) is 0.959. The zero-order valence-corrected chi connectivity index (χ0v) is 13.2. The van der Waals surface area contributed by atoms with Crippen molar-refractivity contribution in [3.63, 3.8) is 0 Å². The highest BCUT2D eigenvalue weighted by Gasteiger charge is 2.26. The number of hydrogen-bond donors (Lipinski definition) is 2. The van der Waals surface area contributed by atoms with Crippen molar-refractivity contribution in [3.8, 4) is 11.5 Å². The molecule has 2 atom stereocenters. The second-order valence-electron chi connectivity index (χ2n) is 5.45. The van der Waals surface area contributed by atoms with Crippen LogP contribution < -0.4 is 14.8 Å². The number of ether oxygens (including phenoxy) is 2. The quantitative estimate of drug-likeness (QED) is 0.769. The number of nitrogens with one attached hydrogen (secondary N) is 1. The summed E-state index contributed by atoms with van der Waals surface area (Å²) in [5.41, 5.74) is 0.349. The fourth-order valence-electron chi connectivity index (χ4n) is 2.06. The molecule has 0 saturated heterocycles. The molecule has 2 unspecified atom stereocenters. The van der Waals surface area contributed by atoms with E-state index in [-0.39, 0.29) is 5.92 Å². The molecule has 1 aromatic carbocycles. The van der Waals surface area contributed by atoms with Crippen LogP contribution in [0.3, 0.4) is 0 Å². The molecule has 0 aliphatic rings. The molecule has 0 bridgehead atoms. The second kappa shape index (κ2) is 7.50. The van der Waals surface area contributed by atoms with Crippen LogP contribution in [0, 0.1) is 5.92 Å². The summed E-state index contributed by atoms with van der Waals surface area (Å²) in [4.78, 5) is 0. The van der Waals surface area contributed by atoms with Gasteiger partial charge in [0.05, 0.1) is 19.8 Å². The zero-order valence-electron chi connectivity index (χ0n) is 13.2. The summed E-state index contributed by atoms with van der Waals surface area (Å²) in [6, 6.07) is 5.75. The fourth-order valence-corrected chi connectivity index (χ4v) is 2.06. The monoisotopic (exact) mass is 281 g/mol. The van der Waals surface area contributed by atoms with Crippen LogP contribution in [0.4, 0.5) is 0 Å². The van der Waals surface area contributed by atoms with Crippen molar-refractivity contribution in [1.82, 2.24) is 5.32 Å². The van der Waals surface area contributed by atoms with Gasteiger partial charge in [-0.1, -0.05) is 26.3 Å². The predicted molar refractivity (Wildman–Crippen MR) is 81.3 cm³/mol. The maximum atomic E-state index is 10.4. The van der Waals surface area contributed by atoms with Gasteiger partial charge in [-0.15, -0.1) is 0 Å². The average molecular weight is 281 g/mol. The van der Waals surface area contributed by atoms with E-state index in [9.17, 15) is 5.11 Å². The van der Waals surface area contributed by atoms with Gasteiger partial charge in [0.15, 0.2) is 0 Å². The largest absolute Gasteiger partial charge is 0.497 e. The van der Waals surface area contributed by atoms with E-state index in [0.29, 0.717) is 13.1 Å². The Bertz CT molecular complexity index is 418. The molecule has 20 heavy (non-hydrogen) atoms. The Morgan fingerprint density at radius 1 is 1.30 bits per heavy atom. The van der Waals surface area contributed by atoms with Gasteiger partial charge >= 0.3 is 0 Å². The van der Waals surface area contributed by atoms with E-state index in [1.165, 1.54) is 0 Å². The van der Waals surface area contributed by atoms with E-state index in [0.717, 1.165) is 23.5 Å². The van der Waals surface area contributed by atoms with E-state index in [1.807, 2.05) is 25.1 Å². The minimum absolute atomic E-state index is 0.257. The Morgan fingerprint density at radius 2 is 2.00 bits per heavy atom. The van der Waals surface area contributed by atoms with E-state index in [2.05, 4.69) is 19.2 Å². The molecule has 0 spiro atoms. The highest BCUT2D eigenvalue weighted by molar-refractivity contribution is 5.40. The predicted octanol–water partition coefficient (Wildman–Crippen LogP) is 2.59. The lowest BCUT2D eigenvalue weighted by atomic mass is 9.88. The first-order chi connectivity index (χ1) is 9.44. The topological polar surface area (TPSA) is 50.7 Å². The van der Waals surface area contributed by atoms with E-state index < -0.39 is 5.60 Å². The molecule has 4 nitrogen and oxygen atoms in total. The summed E-state index contributed by atoms with van der Waals surface area (Å²) in [5.74, 6) is 1.82. The zero-order chi connectivity index (χ0) is 15.2. The third-order valence-corrected chi connectivity index (χ3v) is 3.97. The summed E-state index contributed by atoms with van der Waals surface area (Å²) in [5, 5.41) is 13.7. The molecule has 0 aromatic heterocycles. The van der Waals surface area contributed by atoms with Crippen molar-refractivity contribution in [1.29, 1.82) is 0 Å². The van der Waals surface area contributed by atoms with Crippen LogP contribution in [0.2, 0.25) is 0 Å². The summed E-state index contributed by atoms with van der Waals surface area (Å²) in [7, 11) is 3.28. The molecule has 0 aliphatic heterocycles. The van der Waals surface area contributed by atoms with Crippen molar-refractivity contribution in [2.45, 2.75) is 39.3 Å². The van der Waals surface area contributed by atoms with E-state index >= 15 is 0 Å². The number of benzene rings is 1. The number of aliphatic hydroxyl groups is 1. The molecule has 0 heterocycles. The van der Waals surface area contributed by atoms with Crippen molar-refractivity contribution in [3.05, 3.63) is 23.8 Å². The minimum atomic E-state index is -0.700. The van der Waals surface area contributed by atoms with Crippen LogP contribution >= 0.6 is 0 Å². The molecule has 1 rings (SSSR count). The summed E-state index contributed by atoms with van der Waals surface area (Å²) < 4.78 is 10.5. The normalized spacial score (nSPS) is 15.5. The van der Waals surface area contributed by atoms with Crippen molar-refractivity contribution < 1.29 is 14.6 Å². The van der Waals surface area contributed by atoms with Crippen LogP contribution in [-0.2, 0) is 6.54 Å². The molecule has 0 saturated carbocycles. The van der Waals surface area contributed by atoms with Gasteiger partial charge in [0.25, 0.3) is 0 Å². The number of methoxy groups -OCH3 is 2. The summed E-state index contributed by atoms with van der Waals surface area (Å²) >= 11 is 0. The Labute approximate surface area is 122 Å². The number of rotatable bonds is 8. The van der Waals surface area contributed by atoms with Crippen LogP contribution in [-0.4, -0.2) is 31.5 Å². The molecule has 1 aromatic rings. The Morgan fingerprint density at radius 3 is 2.55 bits per heavy atom. The molecular formula is C16H27NO3. The average Bonchev–Trinajstić information content (AvgIpc) is 2.46. The number of hydrogen-bond acceptors (Lipinski definition) is 4. The fraction of sp³-hybridized carbons (Fsp3) is 0.625. The van der Waals surface area contributed by atoms with Gasteiger partial charge in [0, 0.05) is 24.7 Å². The van der Waals surface area contributed by atoms with Crippen molar-refractivity contribution in [2.24, 2.45) is 5.92 Å². The highest BCUT2D eigenvalue weighted by atomic mass is 16.5. The third-order valence-electron chi connectivity index (χ3n) is 3.97. The molecule has 0 amide bonds. The lowest BCUT2D eigenvalue weighted by Gasteiger charge is -2.30. The maximum absolute atomic E-state index is 10.4. The highest BCUT2D eigenvalue weighted by Crippen LogP contribution is 2.25. The van der Waals surface area contributed by atoms with Gasteiger partial charge in [-0.25, -0.2) is 0 Å². The standard InChI is InChI=1S/C16H27NO3/c1-6-12(2)16(3,18)11-17-10-13-7-8-14(19-4)9-15(13)20-5/h7-9,12,17-18H,6,10-11H2,1-5H3. The smallest absolute Gasteiger partial charge is 0.127 e. The van der Waals surface area contributed by atoms with Crippen LogP contribution in [0.25, 0.3) is 0 Å². The van der Waals surface area contributed by atoms with Crippen LogP contribution in [0.15, 0.2) is 18.2 Å². The first-order valence-corrected chi connectivity index (χ1v) is 7.08. The molecular weight excluding hydrogens is 254 g/mol. The van der Waals surface area contributed by atoms with Gasteiger partial charge in [-0.3, -0.25) is 0 Å². The second-order valence-corrected chi connectivity index (χ2v) is 5.45. The SMILES string of the molecule is CCC(C)C(C)(O)CNCc1ccc(OC)cc1OC. The first-order valence-electron chi connectivity index (χ1n) is 7.08. The molecule has 4 heteroatoms. The molecule has 0 radical (unpaired) electrons. The van der Waals surface area contributed by atoms with Gasteiger partial charge in [-0.05, 0) is 18.9 Å². The van der Waals surface area contributed by atoms with Crippen molar-refractivity contribution in [2.75, 3.05) is 20.8 Å². The Hall–Kier alpha value is -1.26. The Kier molecular flexibility index (Phi) is 6.30. The van der Waals surface area contributed by atoms with Gasteiger partial charge < -0.3 is 19.9 Å². The van der Waals surface area contributed by atoms with Crippen molar-refractivity contribution >= 4 is 0 Å². The van der Waals surface area contributed by atoms with E-state index in [4.69, 9.17) is 9.47 Å². The van der Waals surface area contributed by atoms with E-state index in [1.54, 1.807) is 14.2 Å². The van der Waals surface area contributed by atoms with Gasteiger partial charge in [-0.2, -0.15) is 0 Å². The molecule has 0 aliphatic carbocycles. The maximum Gasteiger partial charge on any atom is 0.127 e. The molecule has 2 N–H and O–H groups in total. The van der Waals surface area contributed by atoms with Crippen LogP contribution in [0.5, 0.6) is 11.5 Å². The summed E-state index contributed by atoms with van der Waals surface area (Å²) in [6.45, 7) is 7.23. The van der Waals surface area contributed by atoms with Crippen LogP contribution in [0.1, 0.15) is 32.8 Å². The first kappa shape index (κ1) is 16.8. The third kappa shape index (κ3) is 4.39.